The molecule has 0 aromatic carbocycles. The van der Waals surface area contributed by atoms with Gasteiger partial charge < -0.3 is 5.11 Å². The molecule has 0 aromatic heterocycles. The third kappa shape index (κ3) is 1.12. The number of allylic oxidation sites excluding steroid dienone is 1. The molecule has 0 radical (unpaired) electrons. The summed E-state index contributed by atoms with van der Waals surface area (Å²) in [7, 11) is 0. The molecule has 1 N–H and O–H groups in total. The van der Waals surface area contributed by atoms with Crippen molar-refractivity contribution in [2.45, 2.75) is 20.0 Å². The Balaban J connectivity index is 2.69. The second kappa shape index (κ2) is 2.54. The van der Waals surface area contributed by atoms with Crippen LogP contribution in [-0.2, 0) is 4.79 Å². The average molecular weight is 140 g/mol. The zero-order valence-electron chi connectivity index (χ0n) is 6.24. The van der Waals surface area contributed by atoms with Crippen LogP contribution in [0.2, 0.25) is 0 Å². The van der Waals surface area contributed by atoms with Crippen LogP contribution < -0.4 is 0 Å². The van der Waals surface area contributed by atoms with Gasteiger partial charge in [0.2, 0.25) is 0 Å². The van der Waals surface area contributed by atoms with Crippen LogP contribution in [0, 0.1) is 11.8 Å². The maximum atomic E-state index is 11.0. The molecule has 1 rings (SSSR count). The highest BCUT2D eigenvalue weighted by molar-refractivity contribution is 5.95. The average Bonchev–Trinajstić information content (AvgIpc) is 2.11. The minimum absolute atomic E-state index is 0.0579. The van der Waals surface area contributed by atoms with Gasteiger partial charge in [-0.2, -0.15) is 0 Å². The Hall–Kier alpha value is -0.630. The van der Waals surface area contributed by atoms with E-state index in [2.05, 4.69) is 0 Å². The highest BCUT2D eigenvalue weighted by Crippen LogP contribution is 2.22. The van der Waals surface area contributed by atoms with E-state index in [0.717, 1.165) is 0 Å². The van der Waals surface area contributed by atoms with Gasteiger partial charge in [-0.1, -0.05) is 19.9 Å². The molecule has 1 aliphatic carbocycles. The molecule has 2 atom stereocenters. The van der Waals surface area contributed by atoms with E-state index in [1.165, 1.54) is 6.08 Å². The molecule has 0 unspecified atom stereocenters. The van der Waals surface area contributed by atoms with E-state index >= 15 is 0 Å². The second-order valence-corrected chi connectivity index (χ2v) is 3.02. The largest absolute Gasteiger partial charge is 0.388 e. The van der Waals surface area contributed by atoms with Crippen molar-refractivity contribution in [3.63, 3.8) is 0 Å². The predicted molar refractivity (Wildman–Crippen MR) is 38.5 cm³/mol. The van der Waals surface area contributed by atoms with E-state index in [1.807, 2.05) is 13.8 Å². The Labute approximate surface area is 60.6 Å². The Bertz CT molecular complexity index is 170. The second-order valence-electron chi connectivity index (χ2n) is 3.02. The fourth-order valence-corrected chi connectivity index (χ4v) is 1.32. The van der Waals surface area contributed by atoms with Crippen molar-refractivity contribution in [3.8, 4) is 0 Å². The lowest BCUT2D eigenvalue weighted by molar-refractivity contribution is -0.120. The Morgan fingerprint density at radius 2 is 2.20 bits per heavy atom. The van der Waals surface area contributed by atoms with Gasteiger partial charge in [0.15, 0.2) is 5.78 Å². The zero-order valence-corrected chi connectivity index (χ0v) is 6.24. The number of hydrogen-bond donors (Lipinski definition) is 1. The third-order valence-electron chi connectivity index (χ3n) is 1.87. The molecule has 0 bridgehead atoms. The van der Waals surface area contributed by atoms with Gasteiger partial charge in [-0.3, -0.25) is 4.79 Å². The topological polar surface area (TPSA) is 37.3 Å². The van der Waals surface area contributed by atoms with Crippen molar-refractivity contribution in [2.24, 2.45) is 11.8 Å². The van der Waals surface area contributed by atoms with Crippen LogP contribution in [0.5, 0.6) is 0 Å². The maximum Gasteiger partial charge on any atom is 0.161 e. The zero-order chi connectivity index (χ0) is 7.72. The fourth-order valence-electron chi connectivity index (χ4n) is 1.32. The SMILES string of the molecule is CC(C)[C@H]1C(=O)C=C[C@@H]1O. The number of hydrogen-bond acceptors (Lipinski definition) is 2. The van der Waals surface area contributed by atoms with E-state index in [0.29, 0.717) is 0 Å². The van der Waals surface area contributed by atoms with Crippen LogP contribution in [0.1, 0.15) is 13.8 Å². The lowest BCUT2D eigenvalue weighted by atomic mass is 9.91. The Morgan fingerprint density at radius 3 is 2.40 bits per heavy atom. The highest BCUT2D eigenvalue weighted by Gasteiger charge is 2.30. The first-order valence-electron chi connectivity index (χ1n) is 3.53. The van der Waals surface area contributed by atoms with Crippen molar-refractivity contribution < 1.29 is 9.90 Å². The molecule has 0 aromatic rings. The van der Waals surface area contributed by atoms with E-state index in [1.54, 1.807) is 6.08 Å². The molecule has 0 amide bonds. The van der Waals surface area contributed by atoms with Gasteiger partial charge in [0.05, 0.1) is 12.0 Å². The highest BCUT2D eigenvalue weighted by atomic mass is 16.3. The van der Waals surface area contributed by atoms with Crippen LogP contribution >= 0.6 is 0 Å². The normalized spacial score (nSPS) is 32.2. The summed E-state index contributed by atoms with van der Waals surface area (Å²) in [6.07, 6.45) is 2.48. The fraction of sp³-hybridized carbons (Fsp3) is 0.625. The summed E-state index contributed by atoms with van der Waals surface area (Å²) in [6, 6.07) is 0. The molecular formula is C8H12O2. The molecule has 56 valence electrons. The van der Waals surface area contributed by atoms with Crippen molar-refractivity contribution in [3.05, 3.63) is 12.2 Å². The van der Waals surface area contributed by atoms with Crippen molar-refractivity contribution in [1.82, 2.24) is 0 Å². The first-order chi connectivity index (χ1) is 4.63. The maximum absolute atomic E-state index is 11.0. The van der Waals surface area contributed by atoms with Gasteiger partial charge in [0, 0.05) is 0 Å². The van der Waals surface area contributed by atoms with Crippen LogP contribution in [0.25, 0.3) is 0 Å². The van der Waals surface area contributed by atoms with E-state index < -0.39 is 6.10 Å². The summed E-state index contributed by atoms with van der Waals surface area (Å²) in [4.78, 5) is 11.0. The number of carbonyl (C=O) groups excluding carboxylic acids is 1. The van der Waals surface area contributed by atoms with Crippen molar-refractivity contribution in [1.29, 1.82) is 0 Å². The summed E-state index contributed by atoms with van der Waals surface area (Å²) < 4.78 is 0. The van der Waals surface area contributed by atoms with Crippen molar-refractivity contribution >= 4 is 5.78 Å². The molecule has 0 heterocycles. The van der Waals surface area contributed by atoms with Crippen LogP contribution in [-0.4, -0.2) is 17.0 Å². The molecule has 0 saturated carbocycles. The molecule has 0 aliphatic heterocycles. The lowest BCUT2D eigenvalue weighted by Crippen LogP contribution is -2.25. The minimum Gasteiger partial charge on any atom is -0.388 e. The van der Waals surface area contributed by atoms with E-state index in [9.17, 15) is 9.90 Å². The predicted octanol–water partition coefficient (Wildman–Crippen LogP) is 0.758. The van der Waals surface area contributed by atoms with Gasteiger partial charge in [0.25, 0.3) is 0 Å². The Kier molecular flexibility index (Phi) is 1.90. The molecular weight excluding hydrogens is 128 g/mol. The van der Waals surface area contributed by atoms with E-state index in [-0.39, 0.29) is 17.6 Å². The number of aliphatic hydroxyl groups is 1. The molecule has 2 nitrogen and oxygen atoms in total. The van der Waals surface area contributed by atoms with Crippen LogP contribution in [0.3, 0.4) is 0 Å². The smallest absolute Gasteiger partial charge is 0.161 e. The minimum atomic E-state index is -0.549. The number of rotatable bonds is 1. The number of ketones is 1. The van der Waals surface area contributed by atoms with Gasteiger partial charge in [0.1, 0.15) is 0 Å². The molecule has 0 spiro atoms. The third-order valence-corrected chi connectivity index (χ3v) is 1.87. The molecule has 0 saturated heterocycles. The summed E-state index contributed by atoms with van der Waals surface area (Å²) in [5.74, 6) is 0.0972. The summed E-state index contributed by atoms with van der Waals surface area (Å²) in [6.45, 7) is 3.89. The van der Waals surface area contributed by atoms with Gasteiger partial charge in [-0.25, -0.2) is 0 Å². The monoisotopic (exact) mass is 140 g/mol. The summed E-state index contributed by atoms with van der Waals surface area (Å²) >= 11 is 0. The van der Waals surface area contributed by atoms with Gasteiger partial charge in [-0.05, 0) is 12.0 Å². The standard InChI is InChI=1S/C8H12O2/c1-5(2)8-6(9)3-4-7(8)10/h3-6,8-9H,1-2H3/t6-,8+/m0/s1. The Morgan fingerprint density at radius 1 is 1.60 bits per heavy atom. The van der Waals surface area contributed by atoms with Crippen LogP contribution in [0.15, 0.2) is 12.2 Å². The molecule has 10 heavy (non-hydrogen) atoms. The molecule has 0 fully saturated rings. The molecule has 1 aliphatic rings. The number of carbonyl (C=O) groups is 1. The first kappa shape index (κ1) is 7.48. The van der Waals surface area contributed by atoms with Gasteiger partial charge >= 0.3 is 0 Å². The first-order valence-corrected chi connectivity index (χ1v) is 3.53. The lowest BCUT2D eigenvalue weighted by Gasteiger charge is -2.16. The molecule has 2 heteroatoms. The summed E-state index contributed by atoms with van der Waals surface area (Å²) in [5, 5.41) is 9.22. The van der Waals surface area contributed by atoms with Gasteiger partial charge in [-0.15, -0.1) is 0 Å². The van der Waals surface area contributed by atoms with Crippen molar-refractivity contribution in [2.75, 3.05) is 0 Å². The van der Waals surface area contributed by atoms with E-state index in [4.69, 9.17) is 0 Å². The van der Waals surface area contributed by atoms with Crippen LogP contribution in [0.4, 0.5) is 0 Å². The quantitative estimate of drug-likeness (QED) is 0.583. The summed E-state index contributed by atoms with van der Waals surface area (Å²) in [5.41, 5.74) is 0. The number of aliphatic hydroxyl groups excluding tert-OH is 1.